The van der Waals surface area contributed by atoms with E-state index in [9.17, 15) is 9.18 Å². The Balaban J connectivity index is 1.67. The minimum Gasteiger partial charge on any atom is -0.482 e. The maximum atomic E-state index is 13.5. The molecule has 4 nitrogen and oxygen atoms in total. The van der Waals surface area contributed by atoms with Crippen LogP contribution in [-0.4, -0.2) is 16.5 Å². The molecule has 0 unspecified atom stereocenters. The molecule has 3 aromatic rings. The van der Waals surface area contributed by atoms with Crippen LogP contribution in [0.25, 0.3) is 22.0 Å². The van der Waals surface area contributed by atoms with Gasteiger partial charge in [-0.1, -0.05) is 12.1 Å². The Bertz CT molecular complexity index is 1220. The van der Waals surface area contributed by atoms with Crippen LogP contribution in [-0.2, 0) is 9.53 Å². The van der Waals surface area contributed by atoms with Gasteiger partial charge >= 0.3 is 0 Å². The molecule has 2 aliphatic heterocycles. The number of halogens is 1. The van der Waals surface area contributed by atoms with Crippen molar-refractivity contribution in [2.75, 3.05) is 5.32 Å². The van der Waals surface area contributed by atoms with Crippen molar-refractivity contribution < 1.29 is 13.9 Å². The summed E-state index contributed by atoms with van der Waals surface area (Å²) < 4.78 is 19.7. The highest BCUT2D eigenvalue weighted by Crippen LogP contribution is 2.44. The number of carbonyl (C=O) groups excluding carboxylic acids is 1. The zero-order chi connectivity index (χ0) is 19.5. The van der Waals surface area contributed by atoms with E-state index in [1.807, 2.05) is 44.2 Å². The lowest BCUT2D eigenvalue weighted by Crippen LogP contribution is -2.21. The topological polar surface area (TPSA) is 51.2 Å². The number of aromatic nitrogens is 1. The number of nitrogens with one attached hydrogen (secondary N) is 1. The third kappa shape index (κ3) is 2.51. The van der Waals surface area contributed by atoms with Gasteiger partial charge in [-0.3, -0.25) is 9.78 Å². The fourth-order valence-corrected chi connectivity index (χ4v) is 3.85. The molecule has 0 saturated heterocycles. The van der Waals surface area contributed by atoms with Gasteiger partial charge in [0, 0.05) is 22.7 Å². The van der Waals surface area contributed by atoms with Crippen LogP contribution in [0.2, 0.25) is 0 Å². The predicted molar refractivity (Wildman–Crippen MR) is 107 cm³/mol. The number of pyridine rings is 1. The smallest absolute Gasteiger partial charge is 0.260 e. The Kier molecular flexibility index (Phi) is 3.43. The van der Waals surface area contributed by atoms with Crippen LogP contribution in [0, 0.1) is 5.82 Å². The summed E-state index contributed by atoms with van der Waals surface area (Å²) in [5, 5.41) is 3.76. The first-order valence-corrected chi connectivity index (χ1v) is 9.04. The van der Waals surface area contributed by atoms with Crippen molar-refractivity contribution in [2.24, 2.45) is 0 Å². The number of nitrogens with zero attached hydrogens (tertiary/aromatic N) is 1. The van der Waals surface area contributed by atoms with Gasteiger partial charge in [0.15, 0.2) is 0 Å². The lowest BCUT2D eigenvalue weighted by atomic mass is 9.91. The number of amides is 1. The highest BCUT2D eigenvalue weighted by Gasteiger charge is 2.38. The Morgan fingerprint density at radius 3 is 2.82 bits per heavy atom. The van der Waals surface area contributed by atoms with Crippen molar-refractivity contribution in [1.29, 1.82) is 0 Å². The van der Waals surface area contributed by atoms with Gasteiger partial charge in [-0.2, -0.15) is 0 Å². The summed E-state index contributed by atoms with van der Waals surface area (Å²) in [5.74, 6) is -0.181. The molecule has 0 aliphatic carbocycles. The van der Waals surface area contributed by atoms with E-state index in [4.69, 9.17) is 4.74 Å². The molecule has 1 N–H and O–H groups in total. The number of anilines is 1. The van der Waals surface area contributed by atoms with Crippen LogP contribution < -0.4 is 5.32 Å². The number of hydrogen-bond acceptors (Lipinski definition) is 3. The Labute approximate surface area is 161 Å². The molecule has 0 fully saturated rings. The Morgan fingerprint density at radius 2 is 1.96 bits per heavy atom. The normalized spacial score (nSPS) is 20.0. The molecule has 138 valence electrons. The number of benzene rings is 2. The lowest BCUT2D eigenvalue weighted by molar-refractivity contribution is -0.111. The van der Waals surface area contributed by atoms with E-state index in [0.717, 1.165) is 22.0 Å². The van der Waals surface area contributed by atoms with Crippen molar-refractivity contribution in [3.8, 4) is 0 Å². The van der Waals surface area contributed by atoms with Crippen LogP contribution in [0.4, 0.5) is 10.1 Å². The van der Waals surface area contributed by atoms with Gasteiger partial charge in [0.05, 0.1) is 16.8 Å². The number of hydrogen-bond donors (Lipinski definition) is 1. The molecule has 2 aromatic carbocycles. The van der Waals surface area contributed by atoms with Crippen LogP contribution in [0.1, 0.15) is 25.0 Å². The SMILES string of the molecule is CC1(C)O/C(=C2/C(=O)Nc3cc(F)ccc32)C=C1c1ccc2ncccc2c1. The Hall–Kier alpha value is -3.47. The van der Waals surface area contributed by atoms with Crippen molar-refractivity contribution in [1.82, 2.24) is 4.98 Å². The molecule has 5 heteroatoms. The van der Waals surface area contributed by atoms with Crippen LogP contribution in [0.15, 0.2) is 66.6 Å². The lowest BCUT2D eigenvalue weighted by Gasteiger charge is -2.23. The first-order chi connectivity index (χ1) is 13.4. The van der Waals surface area contributed by atoms with E-state index < -0.39 is 5.60 Å². The summed E-state index contributed by atoms with van der Waals surface area (Å²) >= 11 is 0. The summed E-state index contributed by atoms with van der Waals surface area (Å²) in [6.07, 6.45) is 3.68. The summed E-state index contributed by atoms with van der Waals surface area (Å²) in [7, 11) is 0. The third-order valence-corrected chi connectivity index (χ3v) is 5.18. The molecule has 1 amide bonds. The fraction of sp³-hybridized carbons (Fsp3) is 0.130. The van der Waals surface area contributed by atoms with Crippen LogP contribution in [0.5, 0.6) is 0 Å². The van der Waals surface area contributed by atoms with Crippen molar-refractivity contribution in [2.45, 2.75) is 19.4 Å². The summed E-state index contributed by atoms with van der Waals surface area (Å²) in [5.41, 5.74) is 3.85. The summed E-state index contributed by atoms with van der Waals surface area (Å²) in [6, 6.07) is 14.3. The number of allylic oxidation sites excluding steroid dienone is 1. The zero-order valence-corrected chi connectivity index (χ0v) is 15.4. The molecule has 0 spiro atoms. The average molecular weight is 372 g/mol. The first-order valence-electron chi connectivity index (χ1n) is 9.04. The van der Waals surface area contributed by atoms with Crippen LogP contribution >= 0.6 is 0 Å². The van der Waals surface area contributed by atoms with Crippen molar-refractivity contribution in [3.63, 3.8) is 0 Å². The molecule has 2 aliphatic rings. The minimum atomic E-state index is -0.610. The Morgan fingerprint density at radius 1 is 1.11 bits per heavy atom. The monoisotopic (exact) mass is 372 g/mol. The quantitative estimate of drug-likeness (QED) is 0.616. The molecule has 0 bridgehead atoms. The minimum absolute atomic E-state index is 0.286. The first kappa shape index (κ1) is 16.7. The molecule has 28 heavy (non-hydrogen) atoms. The number of carbonyl (C=O) groups is 1. The highest BCUT2D eigenvalue weighted by atomic mass is 19.1. The summed E-state index contributed by atoms with van der Waals surface area (Å²) in [4.78, 5) is 16.9. The van der Waals surface area contributed by atoms with Gasteiger partial charge in [0.2, 0.25) is 0 Å². The average Bonchev–Trinajstić information content (AvgIpc) is 3.15. The molecule has 0 atom stereocenters. The largest absolute Gasteiger partial charge is 0.482 e. The molecule has 0 radical (unpaired) electrons. The van der Waals surface area contributed by atoms with E-state index in [-0.39, 0.29) is 11.7 Å². The second-order valence-electron chi connectivity index (χ2n) is 7.46. The van der Waals surface area contributed by atoms with E-state index in [2.05, 4.69) is 16.4 Å². The molecule has 0 saturated carbocycles. The van der Waals surface area contributed by atoms with Gasteiger partial charge in [0.25, 0.3) is 5.91 Å². The van der Waals surface area contributed by atoms with Gasteiger partial charge in [-0.25, -0.2) is 4.39 Å². The molecule has 1 aromatic heterocycles. The van der Waals surface area contributed by atoms with Gasteiger partial charge in [-0.15, -0.1) is 0 Å². The zero-order valence-electron chi connectivity index (χ0n) is 15.4. The molecule has 3 heterocycles. The molecule has 5 rings (SSSR count). The highest BCUT2D eigenvalue weighted by molar-refractivity contribution is 6.32. The van der Waals surface area contributed by atoms with Gasteiger partial charge < -0.3 is 10.1 Å². The third-order valence-electron chi connectivity index (χ3n) is 5.18. The maximum Gasteiger partial charge on any atom is 0.260 e. The number of fused-ring (bicyclic) bond motifs is 2. The van der Waals surface area contributed by atoms with Crippen molar-refractivity contribution in [3.05, 3.63) is 83.5 Å². The summed E-state index contributed by atoms with van der Waals surface area (Å²) in [6.45, 7) is 3.94. The van der Waals surface area contributed by atoms with E-state index >= 15 is 0 Å². The van der Waals surface area contributed by atoms with Gasteiger partial charge in [0.1, 0.15) is 17.2 Å². The maximum absolute atomic E-state index is 13.5. The second kappa shape index (κ2) is 5.76. The van der Waals surface area contributed by atoms with Crippen molar-refractivity contribution >= 4 is 33.6 Å². The van der Waals surface area contributed by atoms with Gasteiger partial charge in [-0.05, 0) is 61.9 Å². The van der Waals surface area contributed by atoms with Crippen LogP contribution in [0.3, 0.4) is 0 Å². The van der Waals surface area contributed by atoms with E-state index in [0.29, 0.717) is 22.6 Å². The number of rotatable bonds is 1. The standard InChI is InChI=1S/C23H17FN2O2/c1-23(2)17(13-5-8-18-14(10-13)4-3-9-25-18)12-20(28-23)21-16-7-6-15(24)11-19(16)26-22(21)27/h3-12H,1-2H3,(H,26,27)/b21-20+. The fourth-order valence-electron chi connectivity index (χ4n) is 3.85. The van der Waals surface area contributed by atoms with E-state index in [1.54, 1.807) is 12.3 Å². The number of ether oxygens (including phenoxy) is 1. The molecular weight excluding hydrogens is 355 g/mol. The predicted octanol–water partition coefficient (Wildman–Crippen LogP) is 4.93. The van der Waals surface area contributed by atoms with E-state index in [1.165, 1.54) is 12.1 Å². The molecular formula is C23H17FN2O2. The second-order valence-corrected chi connectivity index (χ2v) is 7.46.